The van der Waals surface area contributed by atoms with Crippen molar-refractivity contribution in [3.63, 3.8) is 0 Å². The maximum absolute atomic E-state index is 12.9. The van der Waals surface area contributed by atoms with E-state index in [1.54, 1.807) is 0 Å². The van der Waals surface area contributed by atoms with E-state index in [-0.39, 0.29) is 31.1 Å². The van der Waals surface area contributed by atoms with Crippen LogP contribution in [0.15, 0.2) is 48.6 Å². The van der Waals surface area contributed by atoms with Crippen LogP contribution in [0.4, 0.5) is 0 Å². The molecule has 0 N–H and O–H groups in total. The summed E-state index contributed by atoms with van der Waals surface area (Å²) in [5, 5.41) is 0. The number of rotatable bonds is 62. The van der Waals surface area contributed by atoms with E-state index in [9.17, 15) is 14.4 Å². The summed E-state index contributed by atoms with van der Waals surface area (Å²) in [6.07, 6.45) is 81.3. The van der Waals surface area contributed by atoms with Gasteiger partial charge in [0.1, 0.15) is 13.2 Å². The van der Waals surface area contributed by atoms with Crippen LogP contribution in [-0.2, 0) is 28.6 Å². The van der Waals surface area contributed by atoms with Gasteiger partial charge >= 0.3 is 17.9 Å². The van der Waals surface area contributed by atoms with Crippen LogP contribution in [0.1, 0.15) is 361 Å². The smallest absolute Gasteiger partial charge is 0.306 e. The Balaban J connectivity index is 4.26. The fourth-order valence-electron chi connectivity index (χ4n) is 9.98. The average Bonchev–Trinajstić information content (AvgIpc) is 3.42. The zero-order valence-electron chi connectivity index (χ0n) is 51.0. The van der Waals surface area contributed by atoms with E-state index in [4.69, 9.17) is 14.2 Å². The van der Waals surface area contributed by atoms with Crippen LogP contribution < -0.4 is 0 Å². The van der Waals surface area contributed by atoms with Crippen LogP contribution in [0.5, 0.6) is 0 Å². The number of allylic oxidation sites excluding steroid dienone is 8. The molecular weight excluding hydrogens is 937 g/mol. The van der Waals surface area contributed by atoms with Crippen molar-refractivity contribution < 1.29 is 28.6 Å². The molecule has 0 saturated heterocycles. The Morgan fingerprint density at radius 2 is 0.474 bits per heavy atom. The van der Waals surface area contributed by atoms with Gasteiger partial charge in [-0.05, 0) is 83.5 Å². The largest absolute Gasteiger partial charge is 0.462 e. The van der Waals surface area contributed by atoms with Gasteiger partial charge in [-0.2, -0.15) is 0 Å². The highest BCUT2D eigenvalue weighted by atomic mass is 16.6. The van der Waals surface area contributed by atoms with E-state index in [2.05, 4.69) is 69.4 Å². The second kappa shape index (κ2) is 64.9. The molecule has 0 bridgehead atoms. The molecule has 0 aromatic carbocycles. The maximum Gasteiger partial charge on any atom is 0.306 e. The number of ether oxygens (including phenoxy) is 3. The van der Waals surface area contributed by atoms with Gasteiger partial charge in [-0.15, -0.1) is 0 Å². The molecule has 0 amide bonds. The molecule has 76 heavy (non-hydrogen) atoms. The van der Waals surface area contributed by atoms with Gasteiger partial charge in [0.25, 0.3) is 0 Å². The third-order valence-electron chi connectivity index (χ3n) is 15.1. The van der Waals surface area contributed by atoms with Crippen molar-refractivity contribution in [1.82, 2.24) is 0 Å². The molecule has 6 heteroatoms. The van der Waals surface area contributed by atoms with Crippen molar-refractivity contribution >= 4 is 17.9 Å². The van der Waals surface area contributed by atoms with Gasteiger partial charge in [0.2, 0.25) is 0 Å². The lowest BCUT2D eigenvalue weighted by atomic mass is 10.0. The van der Waals surface area contributed by atoms with Crippen LogP contribution in [0, 0.1) is 0 Å². The molecule has 0 aromatic rings. The standard InChI is InChI=1S/C70H128O6/c1-4-7-10-13-16-19-22-25-28-30-31-32-33-34-35-36-37-38-40-42-45-48-51-54-57-60-63-69(72)75-66-67(65-74-68(71)62-59-56-53-50-47-44-41-27-24-21-18-15-12-9-6-3)76-70(73)64-61-58-55-52-49-46-43-39-29-26-23-20-17-14-11-8-5-2/h17-18,20-21,26-27,29,41,67H,4-16,19,22-25,28,30-40,42-66H2,1-3H3/b20-17-,21-18-,29-26-,41-27-. The highest BCUT2D eigenvalue weighted by Gasteiger charge is 2.19. The first-order chi connectivity index (χ1) is 37.5. The Kier molecular flexibility index (Phi) is 62.6. The summed E-state index contributed by atoms with van der Waals surface area (Å²) >= 11 is 0. The molecule has 444 valence electrons. The van der Waals surface area contributed by atoms with Gasteiger partial charge in [0.15, 0.2) is 6.10 Å². The number of carbonyl (C=O) groups is 3. The zero-order valence-corrected chi connectivity index (χ0v) is 51.0. The Morgan fingerprint density at radius 1 is 0.263 bits per heavy atom. The Hall–Kier alpha value is -2.63. The van der Waals surface area contributed by atoms with Crippen LogP contribution in [-0.4, -0.2) is 37.2 Å². The maximum atomic E-state index is 12.9. The predicted molar refractivity (Wildman–Crippen MR) is 330 cm³/mol. The summed E-state index contributed by atoms with van der Waals surface area (Å²) in [6, 6.07) is 0. The van der Waals surface area contributed by atoms with Crippen LogP contribution >= 0.6 is 0 Å². The predicted octanol–water partition coefficient (Wildman–Crippen LogP) is 22.9. The summed E-state index contributed by atoms with van der Waals surface area (Å²) in [7, 11) is 0. The zero-order chi connectivity index (χ0) is 55.0. The lowest BCUT2D eigenvalue weighted by Gasteiger charge is -2.18. The van der Waals surface area contributed by atoms with Crippen molar-refractivity contribution in [2.45, 2.75) is 367 Å². The van der Waals surface area contributed by atoms with Crippen LogP contribution in [0.3, 0.4) is 0 Å². The van der Waals surface area contributed by atoms with Gasteiger partial charge in [-0.25, -0.2) is 0 Å². The van der Waals surface area contributed by atoms with E-state index in [0.717, 1.165) is 89.9 Å². The SMILES string of the molecule is CCCCC/C=C\C/C=C\CCCCCCCCCC(=O)OC(COC(=O)CCCCCCC/C=C\C/C=C\CCCCC)COC(=O)CCCCCCCCCCCCCCCCCCCCCCCCCCCC. The minimum absolute atomic E-state index is 0.0774. The van der Waals surface area contributed by atoms with E-state index in [0.29, 0.717) is 19.3 Å². The van der Waals surface area contributed by atoms with Gasteiger partial charge in [-0.1, -0.05) is 307 Å². The fourth-order valence-corrected chi connectivity index (χ4v) is 9.98. The molecule has 0 aliphatic rings. The van der Waals surface area contributed by atoms with Crippen molar-refractivity contribution in [3.05, 3.63) is 48.6 Å². The van der Waals surface area contributed by atoms with Crippen molar-refractivity contribution in [2.24, 2.45) is 0 Å². The molecule has 0 aliphatic heterocycles. The second-order valence-corrected chi connectivity index (χ2v) is 22.7. The molecule has 0 aromatic heterocycles. The Labute approximate surface area is 473 Å². The lowest BCUT2D eigenvalue weighted by Crippen LogP contribution is -2.30. The summed E-state index contributed by atoms with van der Waals surface area (Å²) in [6.45, 7) is 6.63. The first-order valence-corrected chi connectivity index (χ1v) is 33.6. The van der Waals surface area contributed by atoms with Gasteiger partial charge in [0.05, 0.1) is 0 Å². The number of carbonyl (C=O) groups excluding carboxylic acids is 3. The summed E-state index contributed by atoms with van der Waals surface area (Å²) in [5.41, 5.74) is 0. The van der Waals surface area contributed by atoms with Crippen molar-refractivity contribution in [2.75, 3.05) is 13.2 Å². The molecule has 0 rings (SSSR count). The molecule has 0 radical (unpaired) electrons. The van der Waals surface area contributed by atoms with Gasteiger partial charge < -0.3 is 14.2 Å². The third-order valence-corrected chi connectivity index (χ3v) is 15.1. The molecule has 6 nitrogen and oxygen atoms in total. The van der Waals surface area contributed by atoms with Crippen molar-refractivity contribution in [3.8, 4) is 0 Å². The number of hydrogen-bond acceptors (Lipinski definition) is 6. The molecule has 0 heterocycles. The topological polar surface area (TPSA) is 78.9 Å². The number of esters is 3. The molecular formula is C70H128O6. The van der Waals surface area contributed by atoms with Gasteiger partial charge in [0, 0.05) is 19.3 Å². The van der Waals surface area contributed by atoms with E-state index < -0.39 is 6.10 Å². The summed E-state index contributed by atoms with van der Waals surface area (Å²) < 4.78 is 16.9. The average molecular weight is 1070 g/mol. The first kappa shape index (κ1) is 73.4. The minimum atomic E-state index is -0.783. The molecule has 0 fully saturated rings. The quantitative estimate of drug-likeness (QED) is 0.0261. The van der Waals surface area contributed by atoms with E-state index >= 15 is 0 Å². The van der Waals surface area contributed by atoms with Crippen molar-refractivity contribution in [1.29, 1.82) is 0 Å². The molecule has 0 spiro atoms. The second-order valence-electron chi connectivity index (χ2n) is 22.7. The highest BCUT2D eigenvalue weighted by Crippen LogP contribution is 2.18. The molecule has 0 aliphatic carbocycles. The molecule has 1 atom stereocenters. The van der Waals surface area contributed by atoms with Crippen LogP contribution in [0.2, 0.25) is 0 Å². The number of unbranched alkanes of at least 4 members (excludes halogenated alkanes) is 43. The highest BCUT2D eigenvalue weighted by molar-refractivity contribution is 5.71. The number of hydrogen-bond donors (Lipinski definition) is 0. The first-order valence-electron chi connectivity index (χ1n) is 33.6. The third kappa shape index (κ3) is 62.2. The summed E-state index contributed by atoms with van der Waals surface area (Å²) in [5.74, 6) is -0.878. The summed E-state index contributed by atoms with van der Waals surface area (Å²) in [4.78, 5) is 38.3. The van der Waals surface area contributed by atoms with Crippen LogP contribution in [0.25, 0.3) is 0 Å². The Bertz CT molecular complexity index is 1310. The molecule has 0 saturated carbocycles. The molecule has 1 unspecified atom stereocenters. The monoisotopic (exact) mass is 1060 g/mol. The fraction of sp³-hybridized carbons (Fsp3) is 0.843. The minimum Gasteiger partial charge on any atom is -0.462 e. The Morgan fingerprint density at radius 3 is 0.750 bits per heavy atom. The van der Waals surface area contributed by atoms with E-state index in [1.807, 2.05) is 0 Å². The van der Waals surface area contributed by atoms with Gasteiger partial charge in [-0.3, -0.25) is 14.4 Å². The lowest BCUT2D eigenvalue weighted by molar-refractivity contribution is -0.167. The van der Waals surface area contributed by atoms with E-state index in [1.165, 1.54) is 231 Å². The normalized spacial score (nSPS) is 12.3.